The molecule has 0 radical (unpaired) electrons. The fraction of sp³-hybridized carbons (Fsp3) is 1.00. The maximum atomic E-state index is 5.57. The van der Waals surface area contributed by atoms with E-state index in [1.807, 2.05) is 0 Å². The molecule has 1 heteroatoms. The zero-order valence-electron chi connectivity index (χ0n) is 8.74. The molecule has 1 nitrogen and oxygen atoms in total. The van der Waals surface area contributed by atoms with Crippen molar-refractivity contribution >= 4 is 0 Å². The Morgan fingerprint density at radius 2 is 1.58 bits per heavy atom. The van der Waals surface area contributed by atoms with Gasteiger partial charge in [-0.3, -0.25) is 0 Å². The Hall–Kier alpha value is -0.0400. The Morgan fingerprint density at radius 1 is 1.00 bits per heavy atom. The highest BCUT2D eigenvalue weighted by Crippen LogP contribution is 2.70. The van der Waals surface area contributed by atoms with E-state index in [9.17, 15) is 0 Å². The quantitative estimate of drug-likeness (QED) is 0.540. The Labute approximate surface area is 75.5 Å². The average molecular weight is 168 g/mol. The lowest BCUT2D eigenvalue weighted by atomic mass is 9.38. The van der Waals surface area contributed by atoms with E-state index < -0.39 is 0 Å². The topological polar surface area (TPSA) is 9.23 Å². The predicted octanol–water partition coefficient (Wildman–Crippen LogP) is 2.85. The summed E-state index contributed by atoms with van der Waals surface area (Å²) in [5.41, 5.74) is 1.50. The first-order valence-electron chi connectivity index (χ1n) is 4.99. The number of ether oxygens (including phenoxy) is 1. The van der Waals surface area contributed by atoms with E-state index >= 15 is 0 Å². The lowest BCUT2D eigenvalue weighted by molar-refractivity contribution is -0.180. The molecule has 2 aliphatic rings. The summed E-state index contributed by atoms with van der Waals surface area (Å²) in [6.45, 7) is 11.6. The van der Waals surface area contributed by atoms with Crippen molar-refractivity contribution in [3.8, 4) is 0 Å². The smallest absolute Gasteiger partial charge is 0.0533 e. The molecule has 1 spiro atoms. The summed E-state index contributed by atoms with van der Waals surface area (Å²) >= 11 is 0. The zero-order valence-corrected chi connectivity index (χ0v) is 8.74. The van der Waals surface area contributed by atoms with Gasteiger partial charge in [0.2, 0.25) is 0 Å². The van der Waals surface area contributed by atoms with Crippen LogP contribution in [0.4, 0.5) is 0 Å². The van der Waals surface area contributed by atoms with E-state index in [2.05, 4.69) is 27.7 Å². The van der Waals surface area contributed by atoms with Gasteiger partial charge in [0, 0.05) is 12.0 Å². The van der Waals surface area contributed by atoms with E-state index in [-0.39, 0.29) is 0 Å². The maximum absolute atomic E-state index is 5.57. The molecule has 0 amide bonds. The molecule has 0 bridgehead atoms. The van der Waals surface area contributed by atoms with Crippen LogP contribution in [0.2, 0.25) is 0 Å². The normalized spacial score (nSPS) is 35.0. The second-order valence-corrected chi connectivity index (χ2v) is 5.83. The van der Waals surface area contributed by atoms with Crippen molar-refractivity contribution in [3.05, 3.63) is 0 Å². The molecule has 0 aromatic rings. The lowest BCUT2D eigenvalue weighted by Crippen LogP contribution is -2.61. The third-order valence-corrected chi connectivity index (χ3v) is 4.50. The van der Waals surface area contributed by atoms with E-state index in [4.69, 9.17) is 4.74 Å². The third kappa shape index (κ3) is 0.736. The van der Waals surface area contributed by atoms with Gasteiger partial charge in [-0.15, -0.1) is 0 Å². The molecule has 0 aromatic heterocycles. The Kier molecular flexibility index (Phi) is 1.47. The first-order chi connectivity index (χ1) is 5.41. The van der Waals surface area contributed by atoms with Crippen LogP contribution in [0.15, 0.2) is 0 Å². The highest BCUT2D eigenvalue weighted by atomic mass is 16.5. The van der Waals surface area contributed by atoms with Gasteiger partial charge in [0.15, 0.2) is 0 Å². The van der Waals surface area contributed by atoms with Crippen LogP contribution in [0.1, 0.15) is 40.5 Å². The minimum Gasteiger partial charge on any atom is -0.381 e. The Morgan fingerprint density at radius 3 is 1.83 bits per heavy atom. The van der Waals surface area contributed by atoms with Crippen LogP contribution in [-0.2, 0) is 4.74 Å². The minimum atomic E-state index is 0.486. The molecule has 1 aliphatic heterocycles. The molecule has 0 atom stereocenters. The van der Waals surface area contributed by atoms with E-state index in [0.717, 1.165) is 13.2 Å². The van der Waals surface area contributed by atoms with Gasteiger partial charge in [-0.2, -0.15) is 0 Å². The zero-order chi connectivity index (χ0) is 9.04. The summed E-state index contributed by atoms with van der Waals surface area (Å²) in [4.78, 5) is 0. The molecular weight excluding hydrogens is 148 g/mol. The largest absolute Gasteiger partial charge is 0.381 e. The monoisotopic (exact) mass is 168 g/mol. The molecule has 0 N–H and O–H groups in total. The highest BCUT2D eigenvalue weighted by Gasteiger charge is 2.65. The molecule has 12 heavy (non-hydrogen) atoms. The highest BCUT2D eigenvalue weighted by molar-refractivity contribution is 5.14. The summed E-state index contributed by atoms with van der Waals surface area (Å²) in [5, 5.41) is 0. The molecule has 0 unspecified atom stereocenters. The Balaban J connectivity index is 2.30. The molecule has 2 rings (SSSR count). The maximum Gasteiger partial charge on any atom is 0.0533 e. The van der Waals surface area contributed by atoms with Gasteiger partial charge in [-0.25, -0.2) is 0 Å². The van der Waals surface area contributed by atoms with Crippen molar-refractivity contribution < 1.29 is 4.74 Å². The number of rotatable bonds is 0. The first kappa shape index (κ1) is 8.55. The van der Waals surface area contributed by atoms with Crippen molar-refractivity contribution in [1.82, 2.24) is 0 Å². The summed E-state index contributed by atoms with van der Waals surface area (Å²) in [7, 11) is 0. The standard InChI is InChI=1S/C11H20O/c1-9(2)7-10(3,4)11(9)5-6-12-8-11/h5-8H2,1-4H3. The van der Waals surface area contributed by atoms with Gasteiger partial charge in [-0.1, -0.05) is 27.7 Å². The van der Waals surface area contributed by atoms with Crippen LogP contribution in [0.3, 0.4) is 0 Å². The van der Waals surface area contributed by atoms with Crippen molar-refractivity contribution in [2.75, 3.05) is 13.2 Å². The van der Waals surface area contributed by atoms with Gasteiger partial charge in [-0.05, 0) is 23.7 Å². The summed E-state index contributed by atoms with van der Waals surface area (Å²) in [5.74, 6) is 0. The van der Waals surface area contributed by atoms with Crippen LogP contribution in [0, 0.1) is 16.2 Å². The summed E-state index contributed by atoms with van der Waals surface area (Å²) in [6, 6.07) is 0. The van der Waals surface area contributed by atoms with E-state index in [1.54, 1.807) is 0 Å². The predicted molar refractivity (Wildman–Crippen MR) is 50.0 cm³/mol. The van der Waals surface area contributed by atoms with Crippen molar-refractivity contribution in [2.45, 2.75) is 40.5 Å². The van der Waals surface area contributed by atoms with Crippen LogP contribution in [-0.4, -0.2) is 13.2 Å². The second kappa shape index (κ2) is 2.06. The summed E-state index contributed by atoms with van der Waals surface area (Å²) < 4.78 is 5.57. The van der Waals surface area contributed by atoms with Crippen LogP contribution < -0.4 is 0 Å². The van der Waals surface area contributed by atoms with Crippen LogP contribution in [0.25, 0.3) is 0 Å². The third-order valence-electron chi connectivity index (χ3n) is 4.50. The molecule has 1 saturated heterocycles. The molecule has 0 aromatic carbocycles. The summed E-state index contributed by atoms with van der Waals surface area (Å²) in [6.07, 6.45) is 2.62. The molecule has 70 valence electrons. The van der Waals surface area contributed by atoms with Crippen LogP contribution >= 0.6 is 0 Å². The fourth-order valence-electron chi connectivity index (χ4n) is 3.89. The Bertz CT molecular complexity index is 181. The van der Waals surface area contributed by atoms with Gasteiger partial charge in [0.25, 0.3) is 0 Å². The first-order valence-corrected chi connectivity index (χ1v) is 4.99. The van der Waals surface area contributed by atoms with Crippen LogP contribution in [0.5, 0.6) is 0 Å². The van der Waals surface area contributed by atoms with Crippen molar-refractivity contribution in [1.29, 1.82) is 0 Å². The molecular formula is C11H20O. The van der Waals surface area contributed by atoms with E-state index in [1.165, 1.54) is 12.8 Å². The van der Waals surface area contributed by atoms with Crippen molar-refractivity contribution in [3.63, 3.8) is 0 Å². The molecule has 2 fully saturated rings. The van der Waals surface area contributed by atoms with E-state index in [0.29, 0.717) is 16.2 Å². The van der Waals surface area contributed by atoms with Gasteiger partial charge in [0.05, 0.1) is 6.61 Å². The van der Waals surface area contributed by atoms with Gasteiger partial charge in [0.1, 0.15) is 0 Å². The molecule has 1 saturated carbocycles. The van der Waals surface area contributed by atoms with Crippen molar-refractivity contribution in [2.24, 2.45) is 16.2 Å². The number of hydrogen-bond acceptors (Lipinski definition) is 1. The lowest BCUT2D eigenvalue weighted by Gasteiger charge is -2.66. The average Bonchev–Trinajstić information content (AvgIpc) is 2.31. The molecule has 1 heterocycles. The number of hydrogen-bond donors (Lipinski definition) is 0. The SMILES string of the molecule is CC1(C)CC(C)(C)C12CCOC2. The fourth-order valence-corrected chi connectivity index (χ4v) is 3.89. The second-order valence-electron chi connectivity index (χ2n) is 5.83. The van der Waals surface area contributed by atoms with Gasteiger partial charge >= 0.3 is 0 Å². The van der Waals surface area contributed by atoms with Gasteiger partial charge < -0.3 is 4.74 Å². The minimum absolute atomic E-state index is 0.486. The molecule has 1 aliphatic carbocycles.